The van der Waals surface area contributed by atoms with E-state index in [1.165, 1.54) is 0 Å². The normalized spacial score (nSPS) is 12.6. The van der Waals surface area contributed by atoms with E-state index in [4.69, 9.17) is 16.3 Å². The van der Waals surface area contributed by atoms with Crippen LogP contribution in [0.15, 0.2) is 6.07 Å². The van der Waals surface area contributed by atoms with Gasteiger partial charge >= 0.3 is 0 Å². The molecule has 0 atom stereocenters. The van der Waals surface area contributed by atoms with Crippen LogP contribution in [0.3, 0.4) is 0 Å². The molecule has 0 unspecified atom stereocenters. The van der Waals surface area contributed by atoms with E-state index >= 15 is 0 Å². The Balaban J connectivity index is 3.00. The quantitative estimate of drug-likeness (QED) is 0.854. The number of aromatic nitrogens is 2. The number of nitrogens with one attached hydrogen (secondary N) is 1. The first-order valence-corrected chi connectivity index (χ1v) is 6.34. The van der Waals surface area contributed by atoms with Gasteiger partial charge in [-0.1, -0.05) is 32.4 Å². The molecule has 1 aromatic heterocycles. The van der Waals surface area contributed by atoms with Crippen LogP contribution < -0.4 is 5.32 Å². The van der Waals surface area contributed by atoms with Crippen molar-refractivity contribution >= 4 is 17.4 Å². The summed E-state index contributed by atoms with van der Waals surface area (Å²) in [4.78, 5) is 8.77. The summed E-state index contributed by atoms with van der Waals surface area (Å²) in [7, 11) is 1.68. The molecule has 0 spiro atoms. The van der Waals surface area contributed by atoms with Crippen molar-refractivity contribution in [1.29, 1.82) is 0 Å². The van der Waals surface area contributed by atoms with Crippen molar-refractivity contribution < 1.29 is 4.74 Å². The van der Waals surface area contributed by atoms with Gasteiger partial charge in [0.05, 0.1) is 12.1 Å². The van der Waals surface area contributed by atoms with Crippen LogP contribution in [-0.2, 0) is 10.2 Å². The van der Waals surface area contributed by atoms with Gasteiger partial charge in [-0.25, -0.2) is 9.97 Å². The summed E-state index contributed by atoms with van der Waals surface area (Å²) in [5.74, 6) is 1.45. The average molecular weight is 272 g/mol. The molecule has 0 aliphatic heterocycles. The van der Waals surface area contributed by atoms with Crippen LogP contribution >= 0.6 is 11.6 Å². The van der Waals surface area contributed by atoms with E-state index in [2.05, 4.69) is 36.1 Å². The zero-order chi connectivity index (χ0) is 14.0. The number of rotatable bonds is 4. The van der Waals surface area contributed by atoms with Gasteiger partial charge in [-0.15, -0.1) is 0 Å². The van der Waals surface area contributed by atoms with E-state index in [-0.39, 0.29) is 11.0 Å². The zero-order valence-corrected chi connectivity index (χ0v) is 12.7. The second-order valence-electron chi connectivity index (χ2n) is 6.09. The molecule has 0 fully saturated rings. The Bertz CT molecular complexity index is 413. The number of hydrogen-bond acceptors (Lipinski definition) is 4. The second kappa shape index (κ2) is 5.41. The van der Waals surface area contributed by atoms with E-state index in [9.17, 15) is 0 Å². The lowest BCUT2D eigenvalue weighted by atomic mass is 9.96. The van der Waals surface area contributed by atoms with Crippen LogP contribution in [0, 0.1) is 0 Å². The monoisotopic (exact) mass is 271 g/mol. The van der Waals surface area contributed by atoms with Gasteiger partial charge in [-0.2, -0.15) is 0 Å². The number of anilines is 1. The van der Waals surface area contributed by atoms with E-state index in [0.717, 1.165) is 11.6 Å². The first-order valence-electron chi connectivity index (χ1n) is 5.96. The van der Waals surface area contributed by atoms with E-state index in [0.29, 0.717) is 11.8 Å². The summed E-state index contributed by atoms with van der Waals surface area (Å²) < 4.78 is 5.17. The molecule has 0 radical (unpaired) electrons. The fourth-order valence-corrected chi connectivity index (χ4v) is 1.74. The van der Waals surface area contributed by atoms with Gasteiger partial charge in [0.1, 0.15) is 16.8 Å². The van der Waals surface area contributed by atoms with Gasteiger partial charge in [-0.05, 0) is 13.8 Å². The molecule has 1 rings (SSSR count). The van der Waals surface area contributed by atoms with Crippen molar-refractivity contribution in [2.75, 3.05) is 19.0 Å². The molecule has 0 bridgehead atoms. The van der Waals surface area contributed by atoms with Gasteiger partial charge < -0.3 is 10.1 Å². The Morgan fingerprint density at radius 1 is 1.22 bits per heavy atom. The third-order valence-corrected chi connectivity index (χ3v) is 2.53. The summed E-state index contributed by atoms with van der Waals surface area (Å²) >= 11 is 6.04. The summed E-state index contributed by atoms with van der Waals surface area (Å²) in [5, 5.41) is 3.76. The van der Waals surface area contributed by atoms with Crippen LogP contribution in [0.1, 0.15) is 40.4 Å². The Hall–Kier alpha value is -0.870. The van der Waals surface area contributed by atoms with Gasteiger partial charge in [0.15, 0.2) is 0 Å². The molecule has 1 aromatic rings. The molecular weight excluding hydrogens is 250 g/mol. The number of nitrogens with zero attached hydrogens (tertiary/aromatic N) is 2. The summed E-state index contributed by atoms with van der Waals surface area (Å²) in [6, 6.07) is 1.73. The lowest BCUT2D eigenvalue weighted by molar-refractivity contribution is 0.158. The van der Waals surface area contributed by atoms with Crippen LogP contribution in [-0.4, -0.2) is 29.2 Å². The van der Waals surface area contributed by atoms with Crippen molar-refractivity contribution in [3.05, 3.63) is 17.0 Å². The van der Waals surface area contributed by atoms with Gasteiger partial charge in [0.2, 0.25) is 0 Å². The van der Waals surface area contributed by atoms with Crippen molar-refractivity contribution in [3.8, 4) is 0 Å². The topological polar surface area (TPSA) is 47.0 Å². The maximum Gasteiger partial charge on any atom is 0.137 e. The smallest absolute Gasteiger partial charge is 0.137 e. The van der Waals surface area contributed by atoms with Crippen molar-refractivity contribution in [2.24, 2.45) is 0 Å². The van der Waals surface area contributed by atoms with Crippen LogP contribution in [0.2, 0.25) is 5.15 Å². The Kier molecular flexibility index (Phi) is 4.56. The maximum atomic E-state index is 6.04. The predicted molar refractivity (Wildman–Crippen MR) is 75.3 cm³/mol. The van der Waals surface area contributed by atoms with E-state index in [1.807, 2.05) is 13.8 Å². The predicted octanol–water partition coefficient (Wildman–Crippen LogP) is 3.26. The van der Waals surface area contributed by atoms with Crippen molar-refractivity contribution in [1.82, 2.24) is 9.97 Å². The highest BCUT2D eigenvalue weighted by molar-refractivity contribution is 6.29. The standard InChI is InChI=1S/C13H22ClN3O/c1-12(2,3)11-15-9(14)7-10(16-11)17-13(4,5)8-18-6/h7H,8H2,1-6H3,(H,15,16,17). The highest BCUT2D eigenvalue weighted by atomic mass is 35.5. The first-order chi connectivity index (χ1) is 8.14. The average Bonchev–Trinajstić information content (AvgIpc) is 2.13. The molecule has 5 heteroatoms. The molecule has 0 amide bonds. The SMILES string of the molecule is COCC(C)(C)Nc1cc(Cl)nc(C(C)(C)C)n1. The summed E-state index contributed by atoms with van der Waals surface area (Å²) in [6.07, 6.45) is 0. The molecule has 0 saturated heterocycles. The molecular formula is C13H22ClN3O. The minimum atomic E-state index is -0.207. The molecule has 0 aromatic carbocycles. The fourth-order valence-electron chi connectivity index (χ4n) is 1.56. The van der Waals surface area contributed by atoms with E-state index < -0.39 is 0 Å². The second-order valence-corrected chi connectivity index (χ2v) is 6.48. The highest BCUT2D eigenvalue weighted by Crippen LogP contribution is 2.23. The molecule has 4 nitrogen and oxygen atoms in total. The fraction of sp³-hybridized carbons (Fsp3) is 0.692. The minimum absolute atomic E-state index is 0.132. The molecule has 1 N–H and O–H groups in total. The Morgan fingerprint density at radius 2 is 1.83 bits per heavy atom. The number of halogens is 1. The molecule has 102 valence electrons. The number of methoxy groups -OCH3 is 1. The maximum absolute atomic E-state index is 6.04. The van der Waals surface area contributed by atoms with Gasteiger partial charge in [0, 0.05) is 18.6 Å². The van der Waals surface area contributed by atoms with Crippen molar-refractivity contribution in [2.45, 2.75) is 45.6 Å². The molecule has 0 aliphatic carbocycles. The largest absolute Gasteiger partial charge is 0.382 e. The third kappa shape index (κ3) is 4.42. The Morgan fingerprint density at radius 3 is 2.33 bits per heavy atom. The molecule has 0 saturated carbocycles. The highest BCUT2D eigenvalue weighted by Gasteiger charge is 2.22. The zero-order valence-electron chi connectivity index (χ0n) is 12.0. The first kappa shape index (κ1) is 15.2. The third-order valence-electron chi connectivity index (χ3n) is 2.34. The lowest BCUT2D eigenvalue weighted by Gasteiger charge is -2.27. The van der Waals surface area contributed by atoms with Crippen LogP contribution in [0.5, 0.6) is 0 Å². The summed E-state index contributed by atoms with van der Waals surface area (Å²) in [5.41, 5.74) is -0.339. The van der Waals surface area contributed by atoms with E-state index in [1.54, 1.807) is 13.2 Å². The van der Waals surface area contributed by atoms with Crippen LogP contribution in [0.4, 0.5) is 5.82 Å². The van der Waals surface area contributed by atoms with Gasteiger partial charge in [0.25, 0.3) is 0 Å². The van der Waals surface area contributed by atoms with Crippen LogP contribution in [0.25, 0.3) is 0 Å². The number of ether oxygens (including phenoxy) is 1. The lowest BCUT2D eigenvalue weighted by Crippen LogP contribution is -2.36. The Labute approximate surface area is 114 Å². The van der Waals surface area contributed by atoms with Crippen molar-refractivity contribution in [3.63, 3.8) is 0 Å². The minimum Gasteiger partial charge on any atom is -0.382 e. The molecule has 0 aliphatic rings. The summed E-state index contributed by atoms with van der Waals surface area (Å²) in [6.45, 7) is 10.8. The molecule has 1 heterocycles. The van der Waals surface area contributed by atoms with Gasteiger partial charge in [-0.3, -0.25) is 0 Å². The molecule has 18 heavy (non-hydrogen) atoms. The number of hydrogen-bond donors (Lipinski definition) is 1.